The van der Waals surface area contributed by atoms with Crippen molar-refractivity contribution in [3.05, 3.63) is 84.1 Å². The number of hydrogen-bond acceptors (Lipinski definition) is 6. The first kappa shape index (κ1) is 24.3. The average molecular weight is 515 g/mol. The summed E-state index contributed by atoms with van der Waals surface area (Å²) in [5, 5.41) is 6.86. The van der Waals surface area contributed by atoms with Gasteiger partial charge >= 0.3 is 6.03 Å². The number of anilines is 1. The molecule has 37 heavy (non-hydrogen) atoms. The molecule has 0 unspecified atom stereocenters. The Morgan fingerprint density at radius 2 is 1.68 bits per heavy atom. The zero-order valence-electron chi connectivity index (χ0n) is 20.5. The first-order valence-electron chi connectivity index (χ1n) is 11.8. The Balaban J connectivity index is 1.21. The van der Waals surface area contributed by atoms with Gasteiger partial charge in [0.2, 0.25) is 0 Å². The van der Waals surface area contributed by atoms with E-state index in [4.69, 9.17) is 26.4 Å². The lowest BCUT2D eigenvalue weighted by molar-refractivity contribution is 0.198. The zero-order chi connectivity index (χ0) is 25.8. The lowest BCUT2D eigenvalue weighted by Crippen LogP contribution is -2.46. The van der Waals surface area contributed by atoms with Crippen LogP contribution in [0.4, 0.5) is 10.5 Å². The molecule has 2 N–H and O–H groups in total. The van der Waals surface area contributed by atoms with Crippen LogP contribution in [0, 0.1) is 0 Å². The number of benzene rings is 3. The predicted molar refractivity (Wildman–Crippen MR) is 147 cm³/mol. The highest BCUT2D eigenvalue weighted by atomic mass is 32.1. The normalized spacial score (nSPS) is 12.4. The van der Waals surface area contributed by atoms with Crippen molar-refractivity contribution in [3.8, 4) is 23.0 Å². The van der Waals surface area contributed by atoms with E-state index in [9.17, 15) is 4.79 Å². The van der Waals surface area contributed by atoms with Gasteiger partial charge in [-0.05, 0) is 66.2 Å². The number of nitrogens with zero attached hydrogens (tertiary/aromatic N) is 2. The number of methoxy groups -OCH3 is 2. The standard InChI is InChI=1S/C28H26N4O4S/c1-34-25-15-22-23(16-26(25)35-2)29-13-11-24(22)36-21-9-7-20(8-10-21)30-27(37)31-28(33)32-14-12-18-5-3-4-6-19(18)17-32/h3-11,13,15-16H,12,14,17H2,1-2H3,(H2,30,31,33,37). The molecule has 0 saturated heterocycles. The van der Waals surface area contributed by atoms with Crippen molar-refractivity contribution in [2.45, 2.75) is 13.0 Å². The van der Waals surface area contributed by atoms with E-state index in [2.05, 4.69) is 27.8 Å². The van der Waals surface area contributed by atoms with Crippen LogP contribution in [0.15, 0.2) is 72.9 Å². The van der Waals surface area contributed by atoms with Gasteiger partial charge in [-0.3, -0.25) is 10.3 Å². The van der Waals surface area contributed by atoms with E-state index >= 15 is 0 Å². The molecule has 8 nitrogen and oxygen atoms in total. The van der Waals surface area contributed by atoms with Gasteiger partial charge in [0.1, 0.15) is 11.5 Å². The topological polar surface area (TPSA) is 85.0 Å². The fourth-order valence-electron chi connectivity index (χ4n) is 4.28. The van der Waals surface area contributed by atoms with Crippen LogP contribution in [0.2, 0.25) is 0 Å². The number of rotatable bonds is 5. The summed E-state index contributed by atoms with van der Waals surface area (Å²) < 4.78 is 16.9. The minimum absolute atomic E-state index is 0.219. The first-order valence-corrected chi connectivity index (χ1v) is 12.2. The fourth-order valence-corrected chi connectivity index (χ4v) is 4.48. The smallest absolute Gasteiger partial charge is 0.323 e. The number of ether oxygens (including phenoxy) is 3. The highest BCUT2D eigenvalue weighted by Gasteiger charge is 2.21. The highest BCUT2D eigenvalue weighted by Crippen LogP contribution is 2.37. The lowest BCUT2D eigenvalue weighted by atomic mass is 10.0. The molecular formula is C28H26N4O4S. The van der Waals surface area contributed by atoms with Crippen LogP contribution in [0.3, 0.4) is 0 Å². The second-order valence-electron chi connectivity index (χ2n) is 8.48. The molecule has 0 saturated carbocycles. The third kappa shape index (κ3) is 5.41. The van der Waals surface area contributed by atoms with E-state index < -0.39 is 0 Å². The number of fused-ring (bicyclic) bond motifs is 2. The van der Waals surface area contributed by atoms with Gasteiger partial charge in [-0.15, -0.1) is 0 Å². The highest BCUT2D eigenvalue weighted by molar-refractivity contribution is 7.80. The van der Waals surface area contributed by atoms with Crippen molar-refractivity contribution in [3.63, 3.8) is 0 Å². The Hall–Kier alpha value is -4.37. The van der Waals surface area contributed by atoms with Crippen LogP contribution in [0.25, 0.3) is 10.9 Å². The molecule has 1 aliphatic rings. The van der Waals surface area contributed by atoms with Crippen LogP contribution >= 0.6 is 12.2 Å². The molecular weight excluding hydrogens is 488 g/mol. The van der Waals surface area contributed by atoms with Gasteiger partial charge in [-0.25, -0.2) is 4.79 Å². The van der Waals surface area contributed by atoms with E-state index in [-0.39, 0.29) is 11.1 Å². The van der Waals surface area contributed by atoms with E-state index in [1.807, 2.05) is 48.5 Å². The molecule has 0 fully saturated rings. The number of pyridine rings is 1. The number of aromatic nitrogens is 1. The first-order chi connectivity index (χ1) is 18.0. The van der Waals surface area contributed by atoms with Gasteiger partial charge in [0, 0.05) is 36.4 Å². The molecule has 0 spiro atoms. The van der Waals surface area contributed by atoms with Gasteiger partial charge in [0.25, 0.3) is 0 Å². The SMILES string of the molecule is COc1cc2nccc(Oc3ccc(NC(=S)NC(=O)N4CCc5ccccc5C4)cc3)c2cc1OC. The van der Waals surface area contributed by atoms with Crippen molar-refractivity contribution in [2.75, 3.05) is 26.1 Å². The predicted octanol–water partition coefficient (Wildman–Crippen LogP) is 5.51. The summed E-state index contributed by atoms with van der Waals surface area (Å²) in [6.45, 7) is 1.22. The van der Waals surface area contributed by atoms with E-state index in [1.54, 1.807) is 31.4 Å². The number of carbonyl (C=O) groups excluding carboxylic acids is 1. The molecule has 1 aliphatic heterocycles. The molecule has 0 atom stereocenters. The molecule has 0 aliphatic carbocycles. The van der Waals surface area contributed by atoms with Crippen molar-refractivity contribution in [2.24, 2.45) is 0 Å². The number of amides is 2. The Bertz CT molecular complexity index is 1460. The van der Waals surface area contributed by atoms with Crippen LogP contribution in [-0.2, 0) is 13.0 Å². The summed E-state index contributed by atoms with van der Waals surface area (Å²) in [5.41, 5.74) is 3.91. The molecule has 2 heterocycles. The summed E-state index contributed by atoms with van der Waals surface area (Å²) in [6, 6.07) is 20.7. The summed E-state index contributed by atoms with van der Waals surface area (Å²) in [7, 11) is 3.17. The maximum atomic E-state index is 12.7. The number of nitrogens with one attached hydrogen (secondary N) is 2. The third-order valence-electron chi connectivity index (χ3n) is 6.19. The maximum absolute atomic E-state index is 12.7. The minimum atomic E-state index is -0.219. The molecule has 0 bridgehead atoms. The lowest BCUT2D eigenvalue weighted by Gasteiger charge is -2.29. The van der Waals surface area contributed by atoms with Gasteiger partial charge in [-0.1, -0.05) is 24.3 Å². The van der Waals surface area contributed by atoms with Crippen molar-refractivity contribution in [1.82, 2.24) is 15.2 Å². The Kier molecular flexibility index (Phi) is 7.04. The summed E-state index contributed by atoms with van der Waals surface area (Å²) in [6.07, 6.45) is 2.51. The Labute approximate surface area is 220 Å². The second kappa shape index (κ2) is 10.7. The van der Waals surface area contributed by atoms with Crippen LogP contribution in [0.5, 0.6) is 23.0 Å². The fraction of sp³-hybridized carbons (Fsp3) is 0.179. The summed E-state index contributed by atoms with van der Waals surface area (Å²) >= 11 is 5.36. The maximum Gasteiger partial charge on any atom is 0.323 e. The minimum Gasteiger partial charge on any atom is -0.493 e. The van der Waals surface area contributed by atoms with Crippen LogP contribution in [-0.4, -0.2) is 41.8 Å². The van der Waals surface area contributed by atoms with Crippen LogP contribution < -0.4 is 24.8 Å². The molecule has 188 valence electrons. The number of urea groups is 1. The second-order valence-corrected chi connectivity index (χ2v) is 8.89. The van der Waals surface area contributed by atoms with E-state index in [1.165, 1.54) is 5.56 Å². The Morgan fingerprint density at radius 3 is 2.43 bits per heavy atom. The van der Waals surface area contributed by atoms with Gasteiger partial charge < -0.3 is 24.4 Å². The third-order valence-corrected chi connectivity index (χ3v) is 6.39. The molecule has 5 rings (SSSR count). The van der Waals surface area contributed by atoms with Gasteiger partial charge in [0.15, 0.2) is 16.6 Å². The molecule has 1 aromatic heterocycles. The molecule has 0 radical (unpaired) electrons. The Morgan fingerprint density at radius 1 is 0.946 bits per heavy atom. The van der Waals surface area contributed by atoms with E-state index in [0.717, 1.165) is 28.6 Å². The number of hydrogen-bond donors (Lipinski definition) is 2. The molecule has 9 heteroatoms. The molecule has 2 amide bonds. The largest absolute Gasteiger partial charge is 0.493 e. The van der Waals surface area contributed by atoms with Gasteiger partial charge in [0.05, 0.1) is 19.7 Å². The monoisotopic (exact) mass is 514 g/mol. The number of carbonyl (C=O) groups is 1. The van der Waals surface area contributed by atoms with Gasteiger partial charge in [-0.2, -0.15) is 0 Å². The summed E-state index contributed by atoms with van der Waals surface area (Å²) in [5.74, 6) is 2.47. The zero-order valence-corrected chi connectivity index (χ0v) is 21.3. The summed E-state index contributed by atoms with van der Waals surface area (Å²) in [4.78, 5) is 18.9. The molecule has 4 aromatic rings. The molecule has 3 aromatic carbocycles. The number of thiocarbonyl (C=S) groups is 1. The van der Waals surface area contributed by atoms with Crippen molar-refractivity contribution < 1.29 is 19.0 Å². The van der Waals surface area contributed by atoms with Crippen molar-refractivity contribution >= 4 is 40.0 Å². The average Bonchev–Trinajstić information content (AvgIpc) is 2.93. The van der Waals surface area contributed by atoms with Crippen molar-refractivity contribution in [1.29, 1.82) is 0 Å². The van der Waals surface area contributed by atoms with Crippen LogP contribution in [0.1, 0.15) is 11.1 Å². The quantitative estimate of drug-likeness (QED) is 0.340. The van der Waals surface area contributed by atoms with E-state index in [0.29, 0.717) is 36.1 Å².